The van der Waals surface area contributed by atoms with Crippen LogP contribution in [0.1, 0.15) is 37.8 Å². The maximum Gasteiger partial charge on any atom is 0.284 e. The summed E-state index contributed by atoms with van der Waals surface area (Å²) < 4.78 is 0. The van der Waals surface area contributed by atoms with Gasteiger partial charge in [-0.3, -0.25) is 14.6 Å². The first kappa shape index (κ1) is 17.2. The van der Waals surface area contributed by atoms with E-state index in [0.29, 0.717) is 18.8 Å². The molecule has 2 heterocycles. The third-order valence-corrected chi connectivity index (χ3v) is 4.62. The van der Waals surface area contributed by atoms with E-state index in [4.69, 9.17) is 10.7 Å². The monoisotopic (exact) mass is 341 g/mol. The lowest BCUT2D eigenvalue weighted by atomic mass is 9.84. The molecule has 0 atom stereocenters. The van der Waals surface area contributed by atoms with E-state index < -0.39 is 17.2 Å². The maximum atomic E-state index is 13.0. The van der Waals surface area contributed by atoms with Gasteiger partial charge in [-0.15, -0.1) is 0 Å². The highest BCUT2D eigenvalue weighted by molar-refractivity contribution is 6.31. The second kappa shape index (κ2) is 6.35. The molecule has 3 N–H and O–H groups in total. The molecule has 1 aromatic rings. The number of fused-ring (bicyclic) bond motifs is 1. The van der Waals surface area contributed by atoms with Crippen LogP contribution in [0, 0.1) is 0 Å². The fourth-order valence-corrected chi connectivity index (χ4v) is 3.48. The number of hydrogen-bond donors (Lipinski definition) is 2. The number of aliphatic hydroxyl groups is 1. The summed E-state index contributed by atoms with van der Waals surface area (Å²) in [6.07, 6.45) is 2.53. The first-order valence-electron chi connectivity index (χ1n) is 8.51. The summed E-state index contributed by atoms with van der Waals surface area (Å²) in [7, 11) is 0. The van der Waals surface area contributed by atoms with Gasteiger partial charge >= 0.3 is 0 Å². The van der Waals surface area contributed by atoms with E-state index in [-0.39, 0.29) is 11.5 Å². The van der Waals surface area contributed by atoms with Crippen molar-refractivity contribution in [2.24, 2.45) is 10.7 Å². The Balaban J connectivity index is 2.18. The molecule has 0 aliphatic carbocycles. The Bertz CT molecular complexity index is 787. The van der Waals surface area contributed by atoms with E-state index in [1.165, 1.54) is 0 Å². The highest BCUT2D eigenvalue weighted by Gasteiger charge is 2.35. The first-order chi connectivity index (χ1) is 11.8. The van der Waals surface area contributed by atoms with Crippen LogP contribution in [0.3, 0.4) is 0 Å². The van der Waals surface area contributed by atoms with E-state index in [1.54, 1.807) is 4.90 Å². The largest absolute Gasteiger partial charge is 0.502 e. The Morgan fingerprint density at radius 2 is 1.84 bits per heavy atom. The van der Waals surface area contributed by atoms with Crippen molar-refractivity contribution in [2.45, 2.75) is 38.6 Å². The van der Waals surface area contributed by atoms with Crippen LogP contribution in [-0.2, 0) is 16.0 Å². The molecule has 132 valence electrons. The van der Waals surface area contributed by atoms with E-state index in [0.717, 1.165) is 30.4 Å². The number of carbonyl (C=O) groups is 2. The molecule has 2 aliphatic heterocycles. The molecule has 0 unspecified atom stereocenters. The second-order valence-corrected chi connectivity index (χ2v) is 7.19. The Morgan fingerprint density at radius 3 is 2.48 bits per heavy atom. The number of primary amides is 1. The van der Waals surface area contributed by atoms with Crippen molar-refractivity contribution in [3.05, 3.63) is 46.7 Å². The van der Waals surface area contributed by atoms with Gasteiger partial charge in [-0.1, -0.05) is 24.3 Å². The van der Waals surface area contributed by atoms with Crippen molar-refractivity contribution in [3.8, 4) is 0 Å². The zero-order valence-electron chi connectivity index (χ0n) is 14.6. The van der Waals surface area contributed by atoms with Gasteiger partial charge in [0.25, 0.3) is 11.8 Å². The number of benzene rings is 1. The molecule has 1 fully saturated rings. The fourth-order valence-electron chi connectivity index (χ4n) is 3.48. The molecule has 6 nitrogen and oxygen atoms in total. The van der Waals surface area contributed by atoms with Gasteiger partial charge in [0.15, 0.2) is 5.76 Å². The van der Waals surface area contributed by atoms with E-state index in [1.807, 2.05) is 38.1 Å². The minimum Gasteiger partial charge on any atom is -0.502 e. The Kier molecular flexibility index (Phi) is 4.37. The molecule has 3 rings (SSSR count). The number of carbonyl (C=O) groups excluding carboxylic acids is 2. The summed E-state index contributed by atoms with van der Waals surface area (Å²) in [4.78, 5) is 31.0. The van der Waals surface area contributed by atoms with Gasteiger partial charge in [0.1, 0.15) is 5.57 Å². The molecule has 0 spiro atoms. The summed E-state index contributed by atoms with van der Waals surface area (Å²) >= 11 is 0. The maximum absolute atomic E-state index is 13.0. The molecular formula is C19H23N3O3. The Hall–Kier alpha value is -2.63. The van der Waals surface area contributed by atoms with Gasteiger partial charge in [0, 0.05) is 18.7 Å². The molecule has 0 bridgehead atoms. The van der Waals surface area contributed by atoms with Gasteiger partial charge in [-0.2, -0.15) is 0 Å². The van der Waals surface area contributed by atoms with Crippen molar-refractivity contribution >= 4 is 17.5 Å². The molecule has 2 amide bonds. The second-order valence-electron chi connectivity index (χ2n) is 7.19. The first-order valence-corrected chi connectivity index (χ1v) is 8.51. The number of aliphatic imine (C=N–C) groups is 1. The highest BCUT2D eigenvalue weighted by atomic mass is 16.3. The summed E-state index contributed by atoms with van der Waals surface area (Å²) in [6.45, 7) is 5.13. The minimum atomic E-state index is -1.02. The zero-order valence-corrected chi connectivity index (χ0v) is 14.6. The highest BCUT2D eigenvalue weighted by Crippen LogP contribution is 2.31. The molecule has 2 aliphatic rings. The topological polar surface area (TPSA) is 96.0 Å². The molecule has 0 radical (unpaired) electrons. The predicted octanol–water partition coefficient (Wildman–Crippen LogP) is 1.73. The van der Waals surface area contributed by atoms with Crippen LogP contribution < -0.4 is 5.73 Å². The Morgan fingerprint density at radius 1 is 1.20 bits per heavy atom. The average molecular weight is 341 g/mol. The number of aliphatic hydroxyl groups excluding tert-OH is 1. The standard InChI is InChI=1S/C19H23N3O3/c1-19(2)11-12-7-3-4-8-13(12)15(21-19)14(16(23)17(20)24)18(25)22-9-5-6-10-22/h3-4,7-8,23H,5-6,9-11H2,1-2H3,(H2,20,24). The molecular weight excluding hydrogens is 318 g/mol. The molecule has 1 aromatic carbocycles. The quantitative estimate of drug-likeness (QED) is 0.647. The molecule has 25 heavy (non-hydrogen) atoms. The van der Waals surface area contributed by atoms with Crippen molar-refractivity contribution in [1.29, 1.82) is 0 Å². The molecule has 1 saturated heterocycles. The number of rotatable bonds is 3. The number of hydrogen-bond acceptors (Lipinski definition) is 4. The van der Waals surface area contributed by atoms with Gasteiger partial charge < -0.3 is 15.7 Å². The van der Waals surface area contributed by atoms with Crippen LogP contribution in [0.25, 0.3) is 0 Å². The van der Waals surface area contributed by atoms with Gasteiger partial charge in [-0.05, 0) is 38.7 Å². The zero-order chi connectivity index (χ0) is 18.2. The number of nitrogens with two attached hydrogens (primary N) is 1. The SMILES string of the molecule is CC1(C)Cc2ccccc2C(C(C(=O)N2CCCC2)=C(O)C(N)=O)=N1. The van der Waals surface area contributed by atoms with Crippen LogP contribution >= 0.6 is 0 Å². The van der Waals surface area contributed by atoms with Crippen molar-refractivity contribution < 1.29 is 14.7 Å². The molecule has 6 heteroatoms. The molecule has 0 saturated carbocycles. The number of amides is 2. The van der Waals surface area contributed by atoms with Gasteiger partial charge in [0.2, 0.25) is 0 Å². The van der Waals surface area contributed by atoms with Gasteiger partial charge in [-0.25, -0.2) is 0 Å². The minimum absolute atomic E-state index is 0.0883. The van der Waals surface area contributed by atoms with Crippen molar-refractivity contribution in [2.75, 3.05) is 13.1 Å². The van der Waals surface area contributed by atoms with E-state index in [2.05, 4.69) is 0 Å². The van der Waals surface area contributed by atoms with E-state index >= 15 is 0 Å². The third kappa shape index (κ3) is 3.29. The Labute approximate surface area is 147 Å². The lowest BCUT2D eigenvalue weighted by Gasteiger charge is -2.30. The smallest absolute Gasteiger partial charge is 0.284 e. The molecule has 0 aromatic heterocycles. The van der Waals surface area contributed by atoms with Crippen LogP contribution in [0.5, 0.6) is 0 Å². The van der Waals surface area contributed by atoms with Crippen molar-refractivity contribution in [1.82, 2.24) is 4.90 Å². The lowest BCUT2D eigenvalue weighted by molar-refractivity contribution is -0.126. The lowest BCUT2D eigenvalue weighted by Crippen LogP contribution is -2.38. The van der Waals surface area contributed by atoms with Crippen LogP contribution in [0.4, 0.5) is 0 Å². The van der Waals surface area contributed by atoms with Crippen molar-refractivity contribution in [3.63, 3.8) is 0 Å². The summed E-state index contributed by atoms with van der Waals surface area (Å²) in [6, 6.07) is 7.61. The summed E-state index contributed by atoms with van der Waals surface area (Å²) in [5.41, 5.74) is 6.90. The predicted molar refractivity (Wildman–Crippen MR) is 95.4 cm³/mol. The fraction of sp³-hybridized carbons (Fsp3) is 0.421. The number of nitrogens with zero attached hydrogens (tertiary/aromatic N) is 2. The summed E-state index contributed by atoms with van der Waals surface area (Å²) in [5.74, 6) is -2.13. The van der Waals surface area contributed by atoms with Crippen LogP contribution in [0.2, 0.25) is 0 Å². The van der Waals surface area contributed by atoms with Crippen LogP contribution in [-0.4, -0.2) is 46.2 Å². The van der Waals surface area contributed by atoms with E-state index in [9.17, 15) is 14.7 Å². The van der Waals surface area contributed by atoms with Crippen LogP contribution in [0.15, 0.2) is 40.6 Å². The average Bonchev–Trinajstić information content (AvgIpc) is 3.08. The summed E-state index contributed by atoms with van der Waals surface area (Å²) in [5, 5.41) is 10.3. The number of likely N-dealkylation sites (tertiary alicyclic amines) is 1. The van der Waals surface area contributed by atoms with Gasteiger partial charge in [0.05, 0.1) is 11.3 Å². The third-order valence-electron chi connectivity index (χ3n) is 4.62. The normalized spacial score (nSPS) is 19.8.